The van der Waals surface area contributed by atoms with E-state index in [2.05, 4.69) is 26.1 Å². The summed E-state index contributed by atoms with van der Waals surface area (Å²) in [5.41, 5.74) is 3.27. The van der Waals surface area contributed by atoms with Crippen LogP contribution >= 0.6 is 0 Å². The molecule has 2 heterocycles. The molecule has 7 nitrogen and oxygen atoms in total. The lowest BCUT2D eigenvalue weighted by Crippen LogP contribution is -2.38. The number of sulfonamides is 1. The number of fused-ring (bicyclic) bond motifs is 1. The molecule has 1 N–H and O–H groups in total. The first-order valence-corrected chi connectivity index (χ1v) is 13.9. The van der Waals surface area contributed by atoms with Gasteiger partial charge in [0.1, 0.15) is 6.54 Å². The number of benzene rings is 2. The monoisotopic (exact) mass is 497 g/mol. The number of aryl methyl sites for hydroxylation is 1. The highest BCUT2D eigenvalue weighted by Gasteiger charge is 2.30. The average molecular weight is 498 g/mol. The fourth-order valence-corrected chi connectivity index (χ4v) is 6.25. The van der Waals surface area contributed by atoms with Gasteiger partial charge in [-0.05, 0) is 79.0 Å². The number of rotatable bonds is 6. The Labute approximate surface area is 208 Å². The molecule has 0 radical (unpaired) electrons. The van der Waals surface area contributed by atoms with Crippen LogP contribution in [0.15, 0.2) is 47.4 Å². The van der Waals surface area contributed by atoms with Crippen LogP contribution < -0.4 is 10.2 Å². The molecule has 35 heavy (non-hydrogen) atoms. The molecule has 4 rings (SSSR count). The quantitative estimate of drug-likeness (QED) is 0.635. The van der Waals surface area contributed by atoms with Crippen molar-refractivity contribution in [3.8, 4) is 0 Å². The third kappa shape index (κ3) is 5.76. The first-order chi connectivity index (χ1) is 16.6. The largest absolute Gasteiger partial charge is 0.325 e. The summed E-state index contributed by atoms with van der Waals surface area (Å²) < 4.78 is 28.0. The molecule has 0 spiro atoms. The van der Waals surface area contributed by atoms with Crippen LogP contribution in [-0.4, -0.2) is 44.2 Å². The molecule has 2 aliphatic heterocycles. The van der Waals surface area contributed by atoms with E-state index in [1.54, 1.807) is 22.5 Å². The molecule has 1 fully saturated rings. The lowest BCUT2D eigenvalue weighted by atomic mass is 10.0. The predicted octanol–water partition coefficient (Wildman–Crippen LogP) is 4.54. The van der Waals surface area contributed by atoms with E-state index in [1.165, 1.54) is 10.5 Å². The van der Waals surface area contributed by atoms with E-state index in [0.29, 0.717) is 55.6 Å². The van der Waals surface area contributed by atoms with E-state index in [-0.39, 0.29) is 23.3 Å². The minimum Gasteiger partial charge on any atom is -0.325 e. The standard InChI is InChI=1S/C27H35N3O4S/c1-19(2)21-7-9-23(10-8-21)28-26(31)18-30-25-12-11-24(17-22(25)5-4-6-27(30)32)35(33,34)29-15-13-20(3)14-16-29/h7-12,17,19-20H,4-6,13-16,18H2,1-3H3,(H,28,31). The highest BCUT2D eigenvalue weighted by atomic mass is 32.2. The second-order valence-corrected chi connectivity index (χ2v) is 12.0. The van der Waals surface area contributed by atoms with Gasteiger partial charge in [-0.25, -0.2) is 8.42 Å². The Balaban J connectivity index is 1.53. The molecule has 1 saturated heterocycles. The summed E-state index contributed by atoms with van der Waals surface area (Å²) in [6.07, 6.45) is 3.25. The van der Waals surface area contributed by atoms with Gasteiger partial charge in [-0.15, -0.1) is 0 Å². The van der Waals surface area contributed by atoms with Crippen LogP contribution in [0.2, 0.25) is 0 Å². The Morgan fingerprint density at radius 1 is 1.06 bits per heavy atom. The first kappa shape index (κ1) is 25.4. The number of carbonyl (C=O) groups is 2. The highest BCUT2D eigenvalue weighted by Crippen LogP contribution is 2.31. The van der Waals surface area contributed by atoms with E-state index in [0.717, 1.165) is 18.4 Å². The smallest absolute Gasteiger partial charge is 0.244 e. The molecule has 188 valence electrons. The second-order valence-electron chi connectivity index (χ2n) is 10.0. The summed E-state index contributed by atoms with van der Waals surface area (Å²) in [7, 11) is -3.58. The maximum absolute atomic E-state index is 13.2. The summed E-state index contributed by atoms with van der Waals surface area (Å²) in [4.78, 5) is 27.4. The van der Waals surface area contributed by atoms with E-state index in [1.807, 2.05) is 24.3 Å². The molecule has 0 unspecified atom stereocenters. The summed E-state index contributed by atoms with van der Waals surface area (Å²) in [5, 5.41) is 2.87. The molecule has 0 saturated carbocycles. The molecule has 2 aliphatic rings. The maximum Gasteiger partial charge on any atom is 0.244 e. The van der Waals surface area contributed by atoms with Crippen LogP contribution in [0.4, 0.5) is 11.4 Å². The number of amides is 2. The van der Waals surface area contributed by atoms with Crippen molar-refractivity contribution in [1.29, 1.82) is 0 Å². The minimum absolute atomic E-state index is 0.117. The molecule has 2 amide bonds. The third-order valence-electron chi connectivity index (χ3n) is 7.02. The molecule has 0 aromatic heterocycles. The van der Waals surface area contributed by atoms with Crippen molar-refractivity contribution in [2.75, 3.05) is 29.9 Å². The number of carbonyl (C=O) groups excluding carboxylic acids is 2. The van der Waals surface area contributed by atoms with Crippen LogP contribution in [0, 0.1) is 5.92 Å². The highest BCUT2D eigenvalue weighted by molar-refractivity contribution is 7.89. The van der Waals surface area contributed by atoms with Gasteiger partial charge in [-0.3, -0.25) is 9.59 Å². The zero-order valence-corrected chi connectivity index (χ0v) is 21.6. The van der Waals surface area contributed by atoms with Crippen molar-refractivity contribution >= 4 is 33.2 Å². The number of hydrogen-bond donors (Lipinski definition) is 1. The van der Waals surface area contributed by atoms with E-state index in [9.17, 15) is 18.0 Å². The van der Waals surface area contributed by atoms with Gasteiger partial charge in [0, 0.05) is 30.9 Å². The van der Waals surface area contributed by atoms with Crippen LogP contribution in [0.3, 0.4) is 0 Å². The molecule has 2 aromatic rings. The zero-order valence-electron chi connectivity index (χ0n) is 20.8. The Kier molecular flexibility index (Phi) is 7.62. The summed E-state index contributed by atoms with van der Waals surface area (Å²) >= 11 is 0. The molecule has 2 aromatic carbocycles. The normalized spacial score (nSPS) is 17.8. The van der Waals surface area contributed by atoms with Crippen molar-refractivity contribution in [2.45, 2.75) is 63.7 Å². The van der Waals surface area contributed by atoms with E-state index < -0.39 is 10.0 Å². The minimum atomic E-state index is -3.58. The van der Waals surface area contributed by atoms with Gasteiger partial charge in [0.25, 0.3) is 0 Å². The maximum atomic E-state index is 13.2. The fraction of sp³-hybridized carbons (Fsp3) is 0.481. The van der Waals surface area contributed by atoms with Gasteiger partial charge < -0.3 is 10.2 Å². The lowest BCUT2D eigenvalue weighted by molar-refractivity contribution is -0.121. The second kappa shape index (κ2) is 10.5. The average Bonchev–Trinajstić information content (AvgIpc) is 2.97. The van der Waals surface area contributed by atoms with Crippen LogP contribution in [0.25, 0.3) is 0 Å². The number of nitrogens with zero attached hydrogens (tertiary/aromatic N) is 2. The SMILES string of the molecule is CC1CCN(S(=O)(=O)c2ccc3c(c2)CCCC(=O)N3CC(=O)Nc2ccc(C(C)C)cc2)CC1. The Morgan fingerprint density at radius 3 is 2.40 bits per heavy atom. The Hall–Kier alpha value is -2.71. The first-order valence-electron chi connectivity index (χ1n) is 12.5. The Morgan fingerprint density at radius 2 is 1.74 bits per heavy atom. The van der Waals surface area contributed by atoms with Crippen LogP contribution in [0.1, 0.15) is 63.5 Å². The van der Waals surface area contributed by atoms with Crippen molar-refractivity contribution in [2.24, 2.45) is 5.92 Å². The van der Waals surface area contributed by atoms with Gasteiger partial charge in [0.05, 0.1) is 4.90 Å². The van der Waals surface area contributed by atoms with Crippen LogP contribution in [-0.2, 0) is 26.0 Å². The summed E-state index contributed by atoms with van der Waals surface area (Å²) in [6, 6.07) is 12.6. The van der Waals surface area contributed by atoms with Crippen molar-refractivity contribution in [3.05, 3.63) is 53.6 Å². The van der Waals surface area contributed by atoms with E-state index in [4.69, 9.17) is 0 Å². The number of nitrogens with one attached hydrogen (secondary N) is 1. The summed E-state index contributed by atoms with van der Waals surface area (Å²) in [6.45, 7) is 7.31. The topological polar surface area (TPSA) is 86.8 Å². The molecular weight excluding hydrogens is 462 g/mol. The van der Waals surface area contributed by atoms with Gasteiger partial charge in [0.15, 0.2) is 0 Å². The van der Waals surface area contributed by atoms with Gasteiger partial charge in [-0.2, -0.15) is 4.31 Å². The predicted molar refractivity (Wildman–Crippen MR) is 138 cm³/mol. The van der Waals surface area contributed by atoms with Gasteiger partial charge in [0.2, 0.25) is 21.8 Å². The zero-order chi connectivity index (χ0) is 25.2. The number of anilines is 2. The molecule has 0 aliphatic carbocycles. The molecular formula is C27H35N3O4S. The molecule has 0 bridgehead atoms. The lowest BCUT2D eigenvalue weighted by Gasteiger charge is -2.30. The van der Waals surface area contributed by atoms with Crippen molar-refractivity contribution < 1.29 is 18.0 Å². The number of hydrogen-bond acceptors (Lipinski definition) is 4. The van der Waals surface area contributed by atoms with E-state index >= 15 is 0 Å². The molecule has 8 heteroatoms. The van der Waals surface area contributed by atoms with Crippen molar-refractivity contribution in [3.63, 3.8) is 0 Å². The molecule has 0 atom stereocenters. The van der Waals surface area contributed by atoms with Crippen LogP contribution in [0.5, 0.6) is 0 Å². The van der Waals surface area contributed by atoms with Crippen molar-refractivity contribution in [1.82, 2.24) is 4.31 Å². The third-order valence-corrected chi connectivity index (χ3v) is 8.92. The fourth-order valence-electron chi connectivity index (χ4n) is 4.73. The Bertz CT molecular complexity index is 1180. The number of piperidine rings is 1. The summed E-state index contributed by atoms with van der Waals surface area (Å²) in [5.74, 6) is 0.517. The van der Waals surface area contributed by atoms with Gasteiger partial charge >= 0.3 is 0 Å². The van der Waals surface area contributed by atoms with Gasteiger partial charge in [-0.1, -0.05) is 32.9 Å².